The van der Waals surface area contributed by atoms with Gasteiger partial charge in [0.2, 0.25) is 5.95 Å². The van der Waals surface area contributed by atoms with E-state index in [9.17, 15) is 4.39 Å². The van der Waals surface area contributed by atoms with Crippen molar-refractivity contribution in [1.82, 2.24) is 14.5 Å². The summed E-state index contributed by atoms with van der Waals surface area (Å²) < 4.78 is 15.3. The molecule has 0 fully saturated rings. The van der Waals surface area contributed by atoms with Crippen molar-refractivity contribution in [1.29, 1.82) is 0 Å². The summed E-state index contributed by atoms with van der Waals surface area (Å²) in [5.74, 6) is 0.369. The summed E-state index contributed by atoms with van der Waals surface area (Å²) in [6.07, 6.45) is 3.84. The molecule has 0 saturated carbocycles. The summed E-state index contributed by atoms with van der Waals surface area (Å²) in [4.78, 5) is 7.65. The van der Waals surface area contributed by atoms with Crippen molar-refractivity contribution >= 4 is 34.1 Å². The first-order valence-electron chi connectivity index (χ1n) is 9.32. The van der Waals surface area contributed by atoms with Crippen LogP contribution in [0.15, 0.2) is 84.1 Å². The van der Waals surface area contributed by atoms with Crippen molar-refractivity contribution in [2.24, 2.45) is 5.10 Å². The average molecular weight is 383 g/mol. The van der Waals surface area contributed by atoms with Crippen LogP contribution in [0.3, 0.4) is 0 Å². The molecule has 142 valence electrons. The van der Waals surface area contributed by atoms with Gasteiger partial charge in [-0.15, -0.1) is 0 Å². The van der Waals surface area contributed by atoms with E-state index in [-0.39, 0.29) is 5.82 Å². The number of hydrogen-bond donors (Lipinski definition) is 2. The Morgan fingerprint density at radius 3 is 2.66 bits per heavy atom. The highest BCUT2D eigenvalue weighted by molar-refractivity contribution is 5.99. The Kier molecular flexibility index (Phi) is 4.29. The summed E-state index contributed by atoms with van der Waals surface area (Å²) >= 11 is 0. The Morgan fingerprint density at radius 1 is 1.00 bits per heavy atom. The van der Waals surface area contributed by atoms with Crippen LogP contribution in [0.4, 0.5) is 10.3 Å². The van der Waals surface area contributed by atoms with Crippen LogP contribution in [-0.4, -0.2) is 20.7 Å². The molecule has 5 rings (SSSR count). The topological polar surface area (TPSA) is 58.0 Å². The van der Waals surface area contributed by atoms with Gasteiger partial charge in [-0.1, -0.05) is 42.5 Å². The smallest absolute Gasteiger partial charge is 0.222 e. The Morgan fingerprint density at radius 2 is 1.79 bits per heavy atom. The number of nitrogens with one attached hydrogen (secondary N) is 2. The molecule has 2 aromatic heterocycles. The van der Waals surface area contributed by atoms with Crippen LogP contribution in [0.25, 0.3) is 21.9 Å². The third-order valence-corrected chi connectivity index (χ3v) is 4.85. The lowest BCUT2D eigenvalue weighted by molar-refractivity contribution is 0.626. The van der Waals surface area contributed by atoms with E-state index in [1.165, 1.54) is 12.1 Å². The Bertz CT molecular complexity index is 1280. The lowest BCUT2D eigenvalue weighted by Gasteiger charge is -2.05. The zero-order valence-corrected chi connectivity index (χ0v) is 15.5. The van der Waals surface area contributed by atoms with E-state index in [1.54, 1.807) is 18.3 Å². The molecule has 0 saturated heterocycles. The molecule has 0 atom stereocenters. The lowest BCUT2D eigenvalue weighted by Crippen LogP contribution is -1.98. The molecule has 6 heteroatoms. The normalized spacial score (nSPS) is 11.6. The van der Waals surface area contributed by atoms with Crippen LogP contribution >= 0.6 is 0 Å². The zero-order chi connectivity index (χ0) is 19.6. The molecular weight excluding hydrogens is 365 g/mol. The minimum atomic E-state index is -0.226. The largest absolute Gasteiger partial charge is 0.342 e. The monoisotopic (exact) mass is 383 g/mol. The van der Waals surface area contributed by atoms with Crippen LogP contribution in [-0.2, 0) is 6.54 Å². The highest BCUT2D eigenvalue weighted by Gasteiger charge is 2.07. The van der Waals surface area contributed by atoms with Gasteiger partial charge >= 0.3 is 0 Å². The first-order valence-corrected chi connectivity index (χ1v) is 9.32. The Labute approximate surface area is 166 Å². The second kappa shape index (κ2) is 7.24. The van der Waals surface area contributed by atoms with Crippen molar-refractivity contribution < 1.29 is 4.39 Å². The van der Waals surface area contributed by atoms with Gasteiger partial charge in [-0.3, -0.25) is 0 Å². The zero-order valence-electron chi connectivity index (χ0n) is 15.5. The third-order valence-electron chi connectivity index (χ3n) is 4.85. The maximum absolute atomic E-state index is 13.2. The number of hydrazone groups is 1. The number of anilines is 1. The van der Waals surface area contributed by atoms with Gasteiger partial charge in [-0.05, 0) is 35.9 Å². The van der Waals surface area contributed by atoms with E-state index < -0.39 is 0 Å². The molecule has 0 aliphatic heterocycles. The fourth-order valence-electron chi connectivity index (χ4n) is 3.46. The quantitative estimate of drug-likeness (QED) is 0.326. The summed E-state index contributed by atoms with van der Waals surface area (Å²) in [6, 6.07) is 22.6. The number of H-pyrrole nitrogens is 1. The van der Waals surface area contributed by atoms with Gasteiger partial charge in [-0.25, -0.2) is 14.8 Å². The van der Waals surface area contributed by atoms with Crippen molar-refractivity contribution in [2.75, 3.05) is 5.43 Å². The molecule has 29 heavy (non-hydrogen) atoms. The average Bonchev–Trinajstić information content (AvgIpc) is 3.31. The van der Waals surface area contributed by atoms with Crippen LogP contribution in [0.1, 0.15) is 11.1 Å². The molecule has 0 aliphatic rings. The van der Waals surface area contributed by atoms with Gasteiger partial charge in [-0.2, -0.15) is 5.10 Å². The summed E-state index contributed by atoms with van der Waals surface area (Å²) in [7, 11) is 0. The molecule has 3 aromatic carbocycles. The van der Waals surface area contributed by atoms with Crippen molar-refractivity contribution in [3.8, 4) is 0 Å². The summed E-state index contributed by atoms with van der Waals surface area (Å²) in [5.41, 5.74) is 7.94. The summed E-state index contributed by atoms with van der Waals surface area (Å²) in [5, 5.41) is 5.46. The van der Waals surface area contributed by atoms with Crippen LogP contribution in [0.2, 0.25) is 0 Å². The van der Waals surface area contributed by atoms with Crippen LogP contribution in [0, 0.1) is 5.82 Å². The molecular formula is C23H18FN5. The lowest BCUT2D eigenvalue weighted by atomic mass is 10.2. The molecule has 5 aromatic rings. The minimum absolute atomic E-state index is 0.226. The number of hydrogen-bond acceptors (Lipinski definition) is 3. The number of aromatic amines is 1. The highest BCUT2D eigenvalue weighted by Crippen LogP contribution is 2.21. The predicted molar refractivity (Wildman–Crippen MR) is 115 cm³/mol. The maximum atomic E-state index is 13.2. The van der Waals surface area contributed by atoms with E-state index in [1.807, 2.05) is 36.4 Å². The molecule has 0 unspecified atom stereocenters. The fourth-order valence-corrected chi connectivity index (χ4v) is 3.46. The van der Waals surface area contributed by atoms with Crippen molar-refractivity contribution in [2.45, 2.75) is 6.54 Å². The minimum Gasteiger partial charge on any atom is -0.342 e. The standard InChI is InChI=1S/C23H18FN5/c24-18-11-9-16(10-12-18)14-29-15-17(19-5-1-4-8-22(19)29)13-25-28-23-26-20-6-2-3-7-21(20)27-23/h1-13,15H,14H2,(H2,26,27,28)/b25-13-. The van der Waals surface area contributed by atoms with Crippen molar-refractivity contribution in [3.63, 3.8) is 0 Å². The molecule has 0 spiro atoms. The Balaban J connectivity index is 1.42. The molecule has 5 nitrogen and oxygen atoms in total. The number of aromatic nitrogens is 3. The second-order valence-electron chi connectivity index (χ2n) is 6.83. The van der Waals surface area contributed by atoms with Gasteiger partial charge in [0.15, 0.2) is 0 Å². The first-order chi connectivity index (χ1) is 14.3. The fraction of sp³-hybridized carbons (Fsp3) is 0.0435. The summed E-state index contributed by atoms with van der Waals surface area (Å²) in [6.45, 7) is 0.658. The van der Waals surface area contributed by atoms with E-state index >= 15 is 0 Å². The first kappa shape index (κ1) is 17.2. The maximum Gasteiger partial charge on any atom is 0.222 e. The molecule has 2 N–H and O–H groups in total. The van der Waals surface area contributed by atoms with E-state index in [0.717, 1.165) is 33.1 Å². The Hall–Kier alpha value is -3.93. The van der Waals surface area contributed by atoms with Gasteiger partial charge < -0.3 is 9.55 Å². The van der Waals surface area contributed by atoms with Crippen LogP contribution in [0.5, 0.6) is 0 Å². The van der Waals surface area contributed by atoms with Gasteiger partial charge in [0, 0.05) is 29.2 Å². The number of fused-ring (bicyclic) bond motifs is 2. The number of para-hydroxylation sites is 3. The molecule has 0 bridgehead atoms. The van der Waals surface area contributed by atoms with Gasteiger partial charge in [0.25, 0.3) is 0 Å². The SMILES string of the molecule is Fc1ccc(Cn2cc(/C=N\Nc3nc4ccccc4[nH]3)c3ccccc32)cc1. The predicted octanol–water partition coefficient (Wildman–Crippen LogP) is 5.15. The number of halogens is 1. The third kappa shape index (κ3) is 3.48. The molecule has 0 amide bonds. The van der Waals surface area contributed by atoms with Crippen molar-refractivity contribution in [3.05, 3.63) is 95.9 Å². The number of benzene rings is 3. The number of imidazole rings is 1. The van der Waals surface area contributed by atoms with E-state index in [0.29, 0.717) is 12.5 Å². The number of rotatable bonds is 5. The van der Waals surface area contributed by atoms with E-state index in [4.69, 9.17) is 0 Å². The highest BCUT2D eigenvalue weighted by atomic mass is 19.1. The van der Waals surface area contributed by atoms with Gasteiger partial charge in [0.1, 0.15) is 5.82 Å². The molecule has 0 radical (unpaired) electrons. The molecule has 2 heterocycles. The van der Waals surface area contributed by atoms with E-state index in [2.05, 4.69) is 43.4 Å². The van der Waals surface area contributed by atoms with Gasteiger partial charge in [0.05, 0.1) is 17.2 Å². The second-order valence-corrected chi connectivity index (χ2v) is 6.83. The van der Waals surface area contributed by atoms with Crippen LogP contribution < -0.4 is 5.43 Å². The number of nitrogens with zero attached hydrogens (tertiary/aromatic N) is 3. The molecule has 0 aliphatic carbocycles.